The maximum Gasteiger partial charge on any atom is 0.317 e. The molecule has 0 radical (unpaired) electrons. The minimum absolute atomic E-state index is 0.0311. The highest BCUT2D eigenvalue weighted by molar-refractivity contribution is 7.98. The third-order valence-electron chi connectivity index (χ3n) is 4.32. The molecule has 0 saturated heterocycles. The minimum atomic E-state index is -0.757. The molecule has 0 aromatic heterocycles. The van der Waals surface area contributed by atoms with E-state index in [1.54, 1.807) is 11.8 Å². The Labute approximate surface area is 143 Å². The Balaban J connectivity index is 1.92. The third kappa shape index (κ3) is 6.07. The van der Waals surface area contributed by atoms with E-state index in [-0.39, 0.29) is 12.6 Å². The first kappa shape index (κ1) is 18.1. The number of rotatable bonds is 8. The number of thioether (sulfide) groups is 1. The Hall–Kier alpha value is -1.20. The van der Waals surface area contributed by atoms with Crippen LogP contribution < -0.4 is 4.74 Å². The molecule has 0 bridgehead atoms. The van der Waals surface area contributed by atoms with Crippen molar-refractivity contribution in [3.63, 3.8) is 0 Å². The molecular formula is C18H27NO3S. The van der Waals surface area contributed by atoms with E-state index in [1.165, 1.54) is 24.2 Å². The molecule has 2 rings (SSSR count). The normalized spacial score (nSPS) is 17.2. The number of aliphatic carboxylic acids is 1. The SMILES string of the molecule is CSc1ccc(O[C@H](C)CN(CC(=O)O)C2CCCCC2)cc1. The van der Waals surface area contributed by atoms with E-state index in [0.717, 1.165) is 18.6 Å². The first-order valence-electron chi connectivity index (χ1n) is 8.35. The quantitative estimate of drug-likeness (QED) is 0.729. The van der Waals surface area contributed by atoms with E-state index >= 15 is 0 Å². The van der Waals surface area contributed by atoms with E-state index < -0.39 is 5.97 Å². The van der Waals surface area contributed by atoms with Crippen molar-refractivity contribution < 1.29 is 14.6 Å². The van der Waals surface area contributed by atoms with Gasteiger partial charge >= 0.3 is 5.97 Å². The topological polar surface area (TPSA) is 49.8 Å². The lowest BCUT2D eigenvalue weighted by Crippen LogP contribution is -2.45. The molecule has 1 saturated carbocycles. The van der Waals surface area contributed by atoms with Gasteiger partial charge in [0.05, 0.1) is 6.54 Å². The van der Waals surface area contributed by atoms with Gasteiger partial charge < -0.3 is 9.84 Å². The van der Waals surface area contributed by atoms with Gasteiger partial charge in [-0.1, -0.05) is 19.3 Å². The number of nitrogens with zero attached hydrogens (tertiary/aromatic N) is 1. The van der Waals surface area contributed by atoms with Gasteiger partial charge in [-0.3, -0.25) is 9.69 Å². The standard InChI is InChI=1S/C18H27NO3S/c1-14(22-16-8-10-17(23-2)11-9-16)12-19(13-18(20)21)15-6-4-3-5-7-15/h8-11,14-15H,3-7,12-13H2,1-2H3,(H,20,21)/t14-/m1/s1. The van der Waals surface area contributed by atoms with Crippen LogP contribution >= 0.6 is 11.8 Å². The van der Waals surface area contributed by atoms with Crippen molar-refractivity contribution in [2.24, 2.45) is 0 Å². The second-order valence-electron chi connectivity index (χ2n) is 6.22. The zero-order valence-electron chi connectivity index (χ0n) is 14.0. The fourth-order valence-electron chi connectivity index (χ4n) is 3.22. The molecule has 0 unspecified atom stereocenters. The van der Waals surface area contributed by atoms with Gasteiger partial charge in [-0.05, 0) is 50.3 Å². The number of carbonyl (C=O) groups is 1. The lowest BCUT2D eigenvalue weighted by atomic mass is 9.94. The predicted octanol–water partition coefficient (Wildman–Crippen LogP) is 3.90. The molecule has 5 heteroatoms. The first-order chi connectivity index (χ1) is 11.1. The van der Waals surface area contributed by atoms with Gasteiger partial charge in [0.1, 0.15) is 11.9 Å². The van der Waals surface area contributed by atoms with Gasteiger partial charge in [0.2, 0.25) is 0 Å². The fourth-order valence-corrected chi connectivity index (χ4v) is 3.63. The van der Waals surface area contributed by atoms with E-state index in [1.807, 2.05) is 37.4 Å². The van der Waals surface area contributed by atoms with Crippen LogP contribution in [-0.4, -0.2) is 47.5 Å². The third-order valence-corrected chi connectivity index (χ3v) is 5.06. The summed E-state index contributed by atoms with van der Waals surface area (Å²) >= 11 is 1.70. The van der Waals surface area contributed by atoms with E-state index in [0.29, 0.717) is 12.6 Å². The molecule has 0 spiro atoms. The largest absolute Gasteiger partial charge is 0.489 e. The summed E-state index contributed by atoms with van der Waals surface area (Å²) in [6, 6.07) is 8.42. The molecule has 1 fully saturated rings. The molecule has 23 heavy (non-hydrogen) atoms. The molecule has 4 nitrogen and oxygen atoms in total. The van der Waals surface area contributed by atoms with Crippen molar-refractivity contribution in [3.8, 4) is 5.75 Å². The average Bonchev–Trinajstić information content (AvgIpc) is 2.55. The first-order valence-corrected chi connectivity index (χ1v) is 9.57. The predicted molar refractivity (Wildman–Crippen MR) is 94.4 cm³/mol. The van der Waals surface area contributed by atoms with Crippen molar-refractivity contribution >= 4 is 17.7 Å². The van der Waals surface area contributed by atoms with Crippen molar-refractivity contribution in [2.75, 3.05) is 19.3 Å². The van der Waals surface area contributed by atoms with Crippen LogP contribution in [0.25, 0.3) is 0 Å². The summed E-state index contributed by atoms with van der Waals surface area (Å²) in [5, 5.41) is 9.19. The molecular weight excluding hydrogens is 310 g/mol. The van der Waals surface area contributed by atoms with Crippen molar-refractivity contribution in [3.05, 3.63) is 24.3 Å². The Bertz CT molecular complexity index is 486. The highest BCUT2D eigenvalue weighted by Crippen LogP contribution is 2.24. The molecule has 1 atom stereocenters. The molecule has 1 aliphatic carbocycles. The summed E-state index contributed by atoms with van der Waals surface area (Å²) in [5.74, 6) is 0.0846. The minimum Gasteiger partial charge on any atom is -0.489 e. The summed E-state index contributed by atoms with van der Waals surface area (Å²) in [4.78, 5) is 14.5. The zero-order valence-corrected chi connectivity index (χ0v) is 14.8. The summed E-state index contributed by atoms with van der Waals surface area (Å²) in [6.07, 6.45) is 7.89. The van der Waals surface area contributed by atoms with E-state index in [2.05, 4.69) is 4.90 Å². The van der Waals surface area contributed by atoms with Crippen LogP contribution in [0.5, 0.6) is 5.75 Å². The van der Waals surface area contributed by atoms with Crippen molar-refractivity contribution in [1.82, 2.24) is 4.90 Å². The van der Waals surface area contributed by atoms with Crippen LogP contribution in [0.2, 0.25) is 0 Å². The van der Waals surface area contributed by atoms with Crippen LogP contribution in [0, 0.1) is 0 Å². The van der Waals surface area contributed by atoms with Crippen molar-refractivity contribution in [2.45, 2.75) is 56.1 Å². The highest BCUT2D eigenvalue weighted by Gasteiger charge is 2.24. The van der Waals surface area contributed by atoms with Crippen LogP contribution in [-0.2, 0) is 4.79 Å². The Morgan fingerprint density at radius 2 is 1.96 bits per heavy atom. The molecule has 1 aromatic carbocycles. The second-order valence-corrected chi connectivity index (χ2v) is 7.10. The summed E-state index contributed by atoms with van der Waals surface area (Å²) in [7, 11) is 0. The van der Waals surface area contributed by atoms with Gasteiger partial charge in [-0.2, -0.15) is 0 Å². The number of hydrogen-bond acceptors (Lipinski definition) is 4. The van der Waals surface area contributed by atoms with E-state index in [9.17, 15) is 9.90 Å². The van der Waals surface area contributed by atoms with Crippen LogP contribution in [0.15, 0.2) is 29.2 Å². The van der Waals surface area contributed by atoms with Crippen LogP contribution in [0.1, 0.15) is 39.0 Å². The van der Waals surface area contributed by atoms with Gasteiger partial charge in [-0.15, -0.1) is 11.8 Å². The van der Waals surface area contributed by atoms with Crippen LogP contribution in [0.3, 0.4) is 0 Å². The summed E-state index contributed by atoms with van der Waals surface area (Å²) in [5.41, 5.74) is 0. The van der Waals surface area contributed by atoms with Crippen LogP contribution in [0.4, 0.5) is 0 Å². The maximum absolute atomic E-state index is 11.2. The van der Waals surface area contributed by atoms with Gasteiger partial charge in [0, 0.05) is 17.5 Å². The monoisotopic (exact) mass is 337 g/mol. The van der Waals surface area contributed by atoms with Gasteiger partial charge in [0.15, 0.2) is 0 Å². The molecule has 1 N–H and O–H groups in total. The Kier molecular flexibility index (Phi) is 7.24. The summed E-state index contributed by atoms with van der Waals surface area (Å²) < 4.78 is 5.97. The lowest BCUT2D eigenvalue weighted by molar-refractivity contribution is -0.139. The summed E-state index contributed by atoms with van der Waals surface area (Å²) in [6.45, 7) is 2.77. The maximum atomic E-state index is 11.2. The Morgan fingerprint density at radius 3 is 2.52 bits per heavy atom. The highest BCUT2D eigenvalue weighted by atomic mass is 32.2. The number of carboxylic acids is 1. The molecule has 128 valence electrons. The smallest absolute Gasteiger partial charge is 0.317 e. The molecule has 1 aromatic rings. The van der Waals surface area contributed by atoms with Gasteiger partial charge in [-0.25, -0.2) is 0 Å². The fraction of sp³-hybridized carbons (Fsp3) is 0.611. The van der Waals surface area contributed by atoms with Crippen molar-refractivity contribution in [1.29, 1.82) is 0 Å². The average molecular weight is 337 g/mol. The lowest BCUT2D eigenvalue weighted by Gasteiger charge is -2.34. The number of hydrogen-bond donors (Lipinski definition) is 1. The number of carboxylic acid groups (broad SMARTS) is 1. The zero-order chi connectivity index (χ0) is 16.7. The molecule has 0 amide bonds. The number of benzene rings is 1. The number of ether oxygens (including phenoxy) is 1. The van der Waals surface area contributed by atoms with Gasteiger partial charge in [0.25, 0.3) is 0 Å². The molecule has 0 aliphatic heterocycles. The van der Waals surface area contributed by atoms with E-state index in [4.69, 9.17) is 4.74 Å². The second kappa shape index (κ2) is 9.18. The Morgan fingerprint density at radius 1 is 1.30 bits per heavy atom. The molecule has 0 heterocycles. The molecule has 1 aliphatic rings.